The van der Waals surface area contributed by atoms with Crippen molar-refractivity contribution in [2.75, 3.05) is 13.1 Å². The average molecular weight is 266 g/mol. The van der Waals surface area contributed by atoms with Crippen LogP contribution in [0.15, 0.2) is 18.2 Å². The Kier molecular flexibility index (Phi) is 3.75. The molecule has 3 N–H and O–H groups in total. The number of primary amides is 1. The predicted octanol–water partition coefficient (Wildman–Crippen LogP) is 1.23. The summed E-state index contributed by atoms with van der Waals surface area (Å²) in [6.07, 6.45) is 0.650. The first-order valence-electron chi connectivity index (χ1n) is 6.34. The maximum Gasteiger partial charge on any atom is 0.224 e. The smallest absolute Gasteiger partial charge is 0.224 e. The van der Waals surface area contributed by atoms with Crippen molar-refractivity contribution >= 4 is 5.91 Å². The molecule has 1 aliphatic heterocycles. The van der Waals surface area contributed by atoms with Crippen LogP contribution in [0.4, 0.5) is 4.39 Å². The number of fused-ring (bicyclic) bond motifs is 1. The molecule has 1 atom stereocenters. The van der Waals surface area contributed by atoms with Gasteiger partial charge in [0.1, 0.15) is 17.7 Å². The zero-order valence-electron chi connectivity index (χ0n) is 11.2. The van der Waals surface area contributed by atoms with Crippen molar-refractivity contribution in [1.29, 1.82) is 0 Å². The standard InChI is InChI=1S/C14H19FN2O2/c1-14(2,13(16)18)8-17-7-11-6-9-5-10(15)3-4-12(9)19-11/h3-5,11,17H,6-8H2,1-2H3,(H2,16,18). The fourth-order valence-electron chi connectivity index (χ4n) is 2.04. The number of hydrogen-bond donors (Lipinski definition) is 2. The van der Waals surface area contributed by atoms with E-state index in [2.05, 4.69) is 5.32 Å². The number of carbonyl (C=O) groups is 1. The molecule has 2 rings (SSSR count). The van der Waals surface area contributed by atoms with E-state index in [0.29, 0.717) is 19.5 Å². The van der Waals surface area contributed by atoms with E-state index in [0.717, 1.165) is 11.3 Å². The lowest BCUT2D eigenvalue weighted by atomic mass is 9.93. The molecule has 1 aromatic carbocycles. The second-order valence-corrected chi connectivity index (χ2v) is 5.58. The van der Waals surface area contributed by atoms with Crippen LogP contribution in [-0.4, -0.2) is 25.1 Å². The monoisotopic (exact) mass is 266 g/mol. The van der Waals surface area contributed by atoms with Gasteiger partial charge in [-0.2, -0.15) is 0 Å². The minimum absolute atomic E-state index is 0.0273. The van der Waals surface area contributed by atoms with Crippen molar-refractivity contribution in [2.24, 2.45) is 11.1 Å². The van der Waals surface area contributed by atoms with Crippen LogP contribution in [0, 0.1) is 11.2 Å². The molecule has 0 saturated carbocycles. The first-order valence-corrected chi connectivity index (χ1v) is 6.34. The molecule has 0 radical (unpaired) electrons. The first-order chi connectivity index (χ1) is 8.88. The van der Waals surface area contributed by atoms with Crippen molar-refractivity contribution in [1.82, 2.24) is 5.32 Å². The van der Waals surface area contributed by atoms with Crippen molar-refractivity contribution in [2.45, 2.75) is 26.4 Å². The fourth-order valence-corrected chi connectivity index (χ4v) is 2.04. The number of rotatable bonds is 5. The Hall–Kier alpha value is -1.62. The minimum Gasteiger partial charge on any atom is -0.488 e. The molecular formula is C14H19FN2O2. The largest absolute Gasteiger partial charge is 0.488 e. The van der Waals surface area contributed by atoms with Crippen LogP contribution in [0.25, 0.3) is 0 Å². The number of halogens is 1. The lowest BCUT2D eigenvalue weighted by Gasteiger charge is -2.22. The van der Waals surface area contributed by atoms with Gasteiger partial charge in [0, 0.05) is 25.1 Å². The number of ether oxygens (including phenoxy) is 1. The molecule has 104 valence electrons. The highest BCUT2D eigenvalue weighted by Gasteiger charge is 2.27. The molecule has 1 aliphatic rings. The molecular weight excluding hydrogens is 247 g/mol. The van der Waals surface area contributed by atoms with E-state index in [1.54, 1.807) is 19.9 Å². The number of benzene rings is 1. The maximum atomic E-state index is 13.1. The van der Waals surface area contributed by atoms with Gasteiger partial charge in [0.2, 0.25) is 5.91 Å². The quantitative estimate of drug-likeness (QED) is 0.842. The number of hydrogen-bond acceptors (Lipinski definition) is 3. The van der Waals surface area contributed by atoms with Crippen LogP contribution in [0.3, 0.4) is 0 Å². The highest BCUT2D eigenvalue weighted by molar-refractivity contribution is 5.80. The van der Waals surface area contributed by atoms with Gasteiger partial charge in [0.15, 0.2) is 0 Å². The molecule has 0 fully saturated rings. The molecule has 0 saturated heterocycles. The zero-order valence-corrected chi connectivity index (χ0v) is 11.2. The van der Waals surface area contributed by atoms with Gasteiger partial charge in [-0.05, 0) is 32.0 Å². The predicted molar refractivity (Wildman–Crippen MR) is 70.4 cm³/mol. The number of nitrogens with one attached hydrogen (secondary N) is 1. The highest BCUT2D eigenvalue weighted by Crippen LogP contribution is 2.29. The Bertz CT molecular complexity index is 488. The zero-order chi connectivity index (χ0) is 14.0. The van der Waals surface area contributed by atoms with Crippen molar-refractivity contribution in [3.8, 4) is 5.75 Å². The SMILES string of the molecule is CC(C)(CNCC1Cc2cc(F)ccc2O1)C(N)=O. The number of amides is 1. The first kappa shape index (κ1) is 13.8. The van der Waals surface area contributed by atoms with E-state index < -0.39 is 5.41 Å². The summed E-state index contributed by atoms with van der Waals surface area (Å²) in [6.45, 7) is 4.68. The van der Waals surface area contributed by atoms with Crippen LogP contribution in [-0.2, 0) is 11.2 Å². The number of nitrogens with two attached hydrogens (primary N) is 1. The molecule has 0 aromatic heterocycles. The van der Waals surface area contributed by atoms with E-state index in [-0.39, 0.29) is 17.8 Å². The van der Waals surface area contributed by atoms with Gasteiger partial charge < -0.3 is 15.8 Å². The molecule has 1 heterocycles. The average Bonchev–Trinajstić information content (AvgIpc) is 2.70. The van der Waals surface area contributed by atoms with Gasteiger partial charge in [-0.3, -0.25) is 4.79 Å². The summed E-state index contributed by atoms with van der Waals surface area (Å²) in [5.41, 5.74) is 5.60. The molecule has 0 spiro atoms. The lowest BCUT2D eigenvalue weighted by Crippen LogP contribution is -2.43. The van der Waals surface area contributed by atoms with E-state index in [1.165, 1.54) is 12.1 Å². The Morgan fingerprint density at radius 3 is 3.00 bits per heavy atom. The normalized spacial score (nSPS) is 17.9. The molecule has 19 heavy (non-hydrogen) atoms. The summed E-state index contributed by atoms with van der Waals surface area (Å²) < 4.78 is 18.8. The molecule has 1 unspecified atom stereocenters. The van der Waals surface area contributed by atoms with Crippen LogP contribution in [0.1, 0.15) is 19.4 Å². The van der Waals surface area contributed by atoms with Crippen LogP contribution >= 0.6 is 0 Å². The van der Waals surface area contributed by atoms with E-state index >= 15 is 0 Å². The Balaban J connectivity index is 1.83. The number of carbonyl (C=O) groups excluding carboxylic acids is 1. The minimum atomic E-state index is -0.586. The third-order valence-corrected chi connectivity index (χ3v) is 3.37. The highest BCUT2D eigenvalue weighted by atomic mass is 19.1. The van der Waals surface area contributed by atoms with Gasteiger partial charge in [0.25, 0.3) is 0 Å². The lowest BCUT2D eigenvalue weighted by molar-refractivity contribution is -0.125. The molecule has 5 heteroatoms. The summed E-state index contributed by atoms with van der Waals surface area (Å²) in [7, 11) is 0. The Morgan fingerprint density at radius 2 is 2.32 bits per heavy atom. The third-order valence-electron chi connectivity index (χ3n) is 3.37. The van der Waals surface area contributed by atoms with Gasteiger partial charge in [0.05, 0.1) is 5.41 Å². The third kappa shape index (κ3) is 3.23. The summed E-state index contributed by atoms with van der Waals surface area (Å²) >= 11 is 0. The van der Waals surface area contributed by atoms with E-state index in [9.17, 15) is 9.18 Å². The van der Waals surface area contributed by atoms with Crippen LogP contribution < -0.4 is 15.8 Å². The Morgan fingerprint density at radius 1 is 1.58 bits per heavy atom. The van der Waals surface area contributed by atoms with Crippen molar-refractivity contribution < 1.29 is 13.9 Å². The van der Waals surface area contributed by atoms with Crippen molar-refractivity contribution in [3.63, 3.8) is 0 Å². The van der Waals surface area contributed by atoms with Gasteiger partial charge in [-0.15, -0.1) is 0 Å². The molecule has 1 aromatic rings. The van der Waals surface area contributed by atoms with Crippen molar-refractivity contribution in [3.05, 3.63) is 29.6 Å². The van der Waals surface area contributed by atoms with Gasteiger partial charge in [-0.1, -0.05) is 0 Å². The summed E-state index contributed by atoms with van der Waals surface area (Å²) in [6, 6.07) is 4.55. The molecule has 1 amide bonds. The van der Waals surface area contributed by atoms with E-state index in [4.69, 9.17) is 10.5 Å². The fraction of sp³-hybridized carbons (Fsp3) is 0.500. The van der Waals surface area contributed by atoms with Gasteiger partial charge in [-0.25, -0.2) is 4.39 Å². The van der Waals surface area contributed by atoms with Crippen LogP contribution in [0.2, 0.25) is 0 Å². The topological polar surface area (TPSA) is 64.3 Å². The molecule has 4 nitrogen and oxygen atoms in total. The van der Waals surface area contributed by atoms with Gasteiger partial charge >= 0.3 is 0 Å². The Labute approximate surface area is 112 Å². The summed E-state index contributed by atoms with van der Waals surface area (Å²) in [5.74, 6) is 0.158. The van der Waals surface area contributed by atoms with Crippen LogP contribution in [0.5, 0.6) is 5.75 Å². The second kappa shape index (κ2) is 5.17. The molecule has 0 aliphatic carbocycles. The maximum absolute atomic E-state index is 13.1. The molecule has 0 bridgehead atoms. The summed E-state index contributed by atoms with van der Waals surface area (Å²) in [5, 5.41) is 3.18. The van der Waals surface area contributed by atoms with E-state index in [1.807, 2.05) is 0 Å². The summed E-state index contributed by atoms with van der Waals surface area (Å²) in [4.78, 5) is 11.2. The second-order valence-electron chi connectivity index (χ2n) is 5.58.